The molecule has 1 heterocycles. The Morgan fingerprint density at radius 1 is 1.50 bits per heavy atom. The SMILES string of the molecule is CCCC(Cc1nc(C)c(C)s1)NN. The van der Waals surface area contributed by atoms with E-state index in [0.29, 0.717) is 6.04 Å². The van der Waals surface area contributed by atoms with Gasteiger partial charge in [0, 0.05) is 17.3 Å². The predicted octanol–water partition coefficient (Wildman–Crippen LogP) is 1.93. The Kier molecular flexibility index (Phi) is 4.51. The first-order valence-corrected chi connectivity index (χ1v) is 5.88. The predicted molar refractivity (Wildman–Crippen MR) is 61.3 cm³/mol. The zero-order chi connectivity index (χ0) is 10.6. The molecule has 3 N–H and O–H groups in total. The van der Waals surface area contributed by atoms with Gasteiger partial charge >= 0.3 is 0 Å². The van der Waals surface area contributed by atoms with Gasteiger partial charge in [0.2, 0.25) is 0 Å². The minimum Gasteiger partial charge on any atom is -0.271 e. The fourth-order valence-corrected chi connectivity index (χ4v) is 2.44. The van der Waals surface area contributed by atoms with Gasteiger partial charge in [-0.3, -0.25) is 11.3 Å². The van der Waals surface area contributed by atoms with Crippen molar-refractivity contribution in [3.8, 4) is 0 Å². The lowest BCUT2D eigenvalue weighted by Gasteiger charge is -2.12. The summed E-state index contributed by atoms with van der Waals surface area (Å²) in [5.74, 6) is 5.48. The molecule has 0 saturated heterocycles. The highest BCUT2D eigenvalue weighted by atomic mass is 32.1. The zero-order valence-electron chi connectivity index (χ0n) is 9.13. The van der Waals surface area contributed by atoms with Crippen LogP contribution >= 0.6 is 11.3 Å². The second-order valence-corrected chi connectivity index (χ2v) is 4.89. The fraction of sp³-hybridized carbons (Fsp3) is 0.700. The van der Waals surface area contributed by atoms with Crippen molar-refractivity contribution < 1.29 is 0 Å². The van der Waals surface area contributed by atoms with E-state index in [2.05, 4.69) is 31.2 Å². The van der Waals surface area contributed by atoms with Crippen LogP contribution in [-0.4, -0.2) is 11.0 Å². The van der Waals surface area contributed by atoms with Crippen LogP contribution in [0.4, 0.5) is 0 Å². The van der Waals surface area contributed by atoms with E-state index < -0.39 is 0 Å². The third-order valence-corrected chi connectivity index (χ3v) is 3.46. The van der Waals surface area contributed by atoms with Crippen molar-refractivity contribution in [2.24, 2.45) is 5.84 Å². The van der Waals surface area contributed by atoms with E-state index in [1.54, 1.807) is 11.3 Å². The molecule has 1 rings (SSSR count). The van der Waals surface area contributed by atoms with Gasteiger partial charge in [0.25, 0.3) is 0 Å². The van der Waals surface area contributed by atoms with Crippen molar-refractivity contribution in [2.75, 3.05) is 0 Å². The van der Waals surface area contributed by atoms with Gasteiger partial charge in [-0.05, 0) is 20.3 Å². The maximum atomic E-state index is 5.48. The Bertz CT molecular complexity index is 263. The van der Waals surface area contributed by atoms with Crippen LogP contribution in [0.2, 0.25) is 0 Å². The van der Waals surface area contributed by atoms with Crippen molar-refractivity contribution in [3.05, 3.63) is 15.6 Å². The van der Waals surface area contributed by atoms with E-state index in [9.17, 15) is 0 Å². The molecule has 0 aliphatic carbocycles. The lowest BCUT2D eigenvalue weighted by Crippen LogP contribution is -2.36. The second-order valence-electron chi connectivity index (χ2n) is 3.61. The Morgan fingerprint density at radius 3 is 2.64 bits per heavy atom. The standard InChI is InChI=1S/C10H19N3S/c1-4-5-9(13-11)6-10-12-7(2)8(3)14-10/h9,13H,4-6,11H2,1-3H3. The number of nitrogens with zero attached hydrogens (tertiary/aromatic N) is 1. The zero-order valence-corrected chi connectivity index (χ0v) is 9.95. The van der Waals surface area contributed by atoms with Crippen molar-refractivity contribution in [1.82, 2.24) is 10.4 Å². The maximum absolute atomic E-state index is 5.48. The van der Waals surface area contributed by atoms with E-state index in [4.69, 9.17) is 5.84 Å². The average Bonchev–Trinajstić information content (AvgIpc) is 2.45. The van der Waals surface area contributed by atoms with E-state index in [1.807, 2.05) is 0 Å². The molecule has 4 heteroatoms. The summed E-state index contributed by atoms with van der Waals surface area (Å²) in [4.78, 5) is 5.82. The molecule has 3 nitrogen and oxygen atoms in total. The van der Waals surface area contributed by atoms with Gasteiger partial charge in [-0.25, -0.2) is 4.98 Å². The third-order valence-electron chi connectivity index (χ3n) is 2.37. The first-order valence-electron chi connectivity index (χ1n) is 5.06. The first-order chi connectivity index (χ1) is 6.67. The molecule has 1 unspecified atom stereocenters. The van der Waals surface area contributed by atoms with Crippen molar-refractivity contribution in [2.45, 2.75) is 46.1 Å². The van der Waals surface area contributed by atoms with E-state index >= 15 is 0 Å². The van der Waals surface area contributed by atoms with Gasteiger partial charge in [0.05, 0.1) is 10.7 Å². The van der Waals surface area contributed by atoms with Gasteiger partial charge in [-0.1, -0.05) is 13.3 Å². The van der Waals surface area contributed by atoms with Gasteiger partial charge in [-0.2, -0.15) is 0 Å². The molecule has 0 aliphatic rings. The molecule has 1 aromatic heterocycles. The number of hydrogen-bond acceptors (Lipinski definition) is 4. The number of rotatable bonds is 5. The summed E-state index contributed by atoms with van der Waals surface area (Å²) in [5, 5.41) is 1.19. The molecule has 0 aliphatic heterocycles. The summed E-state index contributed by atoms with van der Waals surface area (Å²) in [5.41, 5.74) is 4.00. The number of nitrogens with two attached hydrogens (primary N) is 1. The smallest absolute Gasteiger partial charge is 0.0946 e. The molecule has 0 saturated carbocycles. The largest absolute Gasteiger partial charge is 0.271 e. The lowest BCUT2D eigenvalue weighted by molar-refractivity contribution is 0.485. The lowest BCUT2D eigenvalue weighted by atomic mass is 10.1. The number of nitrogens with one attached hydrogen (secondary N) is 1. The van der Waals surface area contributed by atoms with Crippen LogP contribution in [-0.2, 0) is 6.42 Å². The molecule has 0 aromatic carbocycles. The van der Waals surface area contributed by atoms with E-state index in [-0.39, 0.29) is 0 Å². The van der Waals surface area contributed by atoms with Gasteiger partial charge in [0.15, 0.2) is 0 Å². The summed E-state index contributed by atoms with van der Waals surface area (Å²) < 4.78 is 0. The van der Waals surface area contributed by atoms with Gasteiger partial charge in [-0.15, -0.1) is 11.3 Å². The van der Waals surface area contributed by atoms with E-state index in [0.717, 1.165) is 25.0 Å². The van der Waals surface area contributed by atoms with Crippen molar-refractivity contribution in [1.29, 1.82) is 0 Å². The molecular formula is C10H19N3S. The molecule has 80 valence electrons. The monoisotopic (exact) mass is 213 g/mol. The normalized spacial score (nSPS) is 13.1. The molecule has 0 bridgehead atoms. The van der Waals surface area contributed by atoms with Crippen molar-refractivity contribution in [3.63, 3.8) is 0 Å². The van der Waals surface area contributed by atoms with Crippen LogP contribution in [0.25, 0.3) is 0 Å². The molecule has 1 aromatic rings. The fourth-order valence-electron chi connectivity index (χ4n) is 1.43. The number of hydrogen-bond donors (Lipinski definition) is 2. The van der Waals surface area contributed by atoms with Crippen LogP contribution in [0, 0.1) is 13.8 Å². The topological polar surface area (TPSA) is 50.9 Å². The number of aryl methyl sites for hydroxylation is 2. The molecule has 0 fully saturated rings. The maximum Gasteiger partial charge on any atom is 0.0946 e. The highest BCUT2D eigenvalue weighted by Gasteiger charge is 2.10. The van der Waals surface area contributed by atoms with Crippen LogP contribution in [0.5, 0.6) is 0 Å². The highest BCUT2D eigenvalue weighted by molar-refractivity contribution is 7.11. The Balaban J connectivity index is 2.57. The minimum absolute atomic E-state index is 0.366. The summed E-state index contributed by atoms with van der Waals surface area (Å²) in [7, 11) is 0. The summed E-state index contributed by atoms with van der Waals surface area (Å²) in [6.07, 6.45) is 3.20. The van der Waals surface area contributed by atoms with Gasteiger partial charge in [0.1, 0.15) is 0 Å². The number of thiazole rings is 1. The molecule has 14 heavy (non-hydrogen) atoms. The van der Waals surface area contributed by atoms with Gasteiger partial charge < -0.3 is 0 Å². The molecule has 0 amide bonds. The first kappa shape index (κ1) is 11.6. The summed E-state index contributed by atoms with van der Waals surface area (Å²) >= 11 is 1.78. The summed E-state index contributed by atoms with van der Waals surface area (Å²) in [6.45, 7) is 6.34. The Morgan fingerprint density at radius 2 is 2.21 bits per heavy atom. The quantitative estimate of drug-likeness (QED) is 0.580. The van der Waals surface area contributed by atoms with Crippen molar-refractivity contribution >= 4 is 11.3 Å². The highest BCUT2D eigenvalue weighted by Crippen LogP contribution is 2.18. The molecule has 0 spiro atoms. The molecule has 1 atom stereocenters. The van der Waals surface area contributed by atoms with E-state index in [1.165, 1.54) is 9.88 Å². The van der Waals surface area contributed by atoms with Crippen LogP contribution < -0.4 is 11.3 Å². The Hall–Kier alpha value is -0.450. The summed E-state index contributed by atoms with van der Waals surface area (Å²) in [6, 6.07) is 0.366. The van der Waals surface area contributed by atoms with Crippen LogP contribution in [0.3, 0.4) is 0 Å². The number of hydrazine groups is 1. The minimum atomic E-state index is 0.366. The third kappa shape index (κ3) is 3.04. The Labute approximate surface area is 89.7 Å². The average molecular weight is 213 g/mol. The molecule has 0 radical (unpaired) electrons. The number of aromatic nitrogens is 1. The second kappa shape index (κ2) is 5.44. The van der Waals surface area contributed by atoms with Crippen LogP contribution in [0.1, 0.15) is 35.3 Å². The van der Waals surface area contributed by atoms with Crippen LogP contribution in [0.15, 0.2) is 0 Å². The molecular weight excluding hydrogens is 194 g/mol.